The van der Waals surface area contributed by atoms with Gasteiger partial charge in [0.1, 0.15) is 6.61 Å². The summed E-state index contributed by atoms with van der Waals surface area (Å²) in [6.45, 7) is 5.85. The summed E-state index contributed by atoms with van der Waals surface area (Å²) in [5, 5.41) is 2.77. The van der Waals surface area contributed by atoms with Gasteiger partial charge in [-0.05, 0) is 61.4 Å². The summed E-state index contributed by atoms with van der Waals surface area (Å²) < 4.78 is 21.5. The molecule has 0 aromatic heterocycles. The molecule has 0 saturated heterocycles. The second kappa shape index (κ2) is 15.5. The Kier molecular flexibility index (Phi) is 12.3. The molecule has 0 saturated carbocycles. The quantitative estimate of drug-likeness (QED) is 0.211. The Hall–Kier alpha value is -3.32. The SMILES string of the molecule is CCCCCCOc1ccc(/C=C/C(=O)Nc2ccc(C(=O)OCCOCC)cc2)cc1OC. The van der Waals surface area contributed by atoms with Crippen LogP contribution in [0.3, 0.4) is 0 Å². The maximum Gasteiger partial charge on any atom is 0.338 e. The van der Waals surface area contributed by atoms with Gasteiger partial charge in [0.05, 0.1) is 25.9 Å². The van der Waals surface area contributed by atoms with E-state index in [4.69, 9.17) is 18.9 Å². The highest BCUT2D eigenvalue weighted by molar-refractivity contribution is 6.02. The summed E-state index contributed by atoms with van der Waals surface area (Å²) >= 11 is 0. The first-order chi connectivity index (χ1) is 16.6. The van der Waals surface area contributed by atoms with Crippen LogP contribution in [0.5, 0.6) is 11.5 Å². The van der Waals surface area contributed by atoms with E-state index < -0.39 is 5.97 Å². The Morgan fingerprint density at radius 3 is 2.41 bits per heavy atom. The fourth-order valence-electron chi connectivity index (χ4n) is 3.08. The summed E-state index contributed by atoms with van der Waals surface area (Å²) in [7, 11) is 1.60. The minimum Gasteiger partial charge on any atom is -0.493 e. The van der Waals surface area contributed by atoms with Crippen LogP contribution in [0.15, 0.2) is 48.5 Å². The molecule has 0 atom stereocenters. The van der Waals surface area contributed by atoms with Gasteiger partial charge in [0.25, 0.3) is 0 Å². The van der Waals surface area contributed by atoms with Crippen molar-refractivity contribution in [3.8, 4) is 11.5 Å². The van der Waals surface area contributed by atoms with Crippen molar-refractivity contribution in [1.29, 1.82) is 0 Å². The molecule has 0 aliphatic carbocycles. The lowest BCUT2D eigenvalue weighted by molar-refractivity contribution is -0.111. The molecule has 0 heterocycles. The molecule has 2 rings (SSSR count). The third-order valence-electron chi connectivity index (χ3n) is 4.92. The number of carbonyl (C=O) groups is 2. The molecular weight excluding hydrogens is 434 g/mol. The van der Waals surface area contributed by atoms with Crippen LogP contribution in [0.4, 0.5) is 5.69 Å². The molecular formula is C27H35NO6. The molecule has 0 unspecified atom stereocenters. The molecule has 0 aliphatic rings. The number of nitrogens with one attached hydrogen (secondary N) is 1. The van der Waals surface area contributed by atoms with Gasteiger partial charge in [-0.3, -0.25) is 4.79 Å². The fraction of sp³-hybridized carbons (Fsp3) is 0.407. The van der Waals surface area contributed by atoms with Gasteiger partial charge in [-0.15, -0.1) is 0 Å². The lowest BCUT2D eigenvalue weighted by atomic mass is 10.1. The van der Waals surface area contributed by atoms with Gasteiger partial charge in [-0.1, -0.05) is 32.3 Å². The van der Waals surface area contributed by atoms with Gasteiger partial charge >= 0.3 is 5.97 Å². The van der Waals surface area contributed by atoms with Gasteiger partial charge in [0, 0.05) is 18.4 Å². The van der Waals surface area contributed by atoms with Crippen LogP contribution < -0.4 is 14.8 Å². The van der Waals surface area contributed by atoms with Gasteiger partial charge in [0.15, 0.2) is 11.5 Å². The zero-order valence-electron chi connectivity index (χ0n) is 20.3. The first-order valence-electron chi connectivity index (χ1n) is 11.7. The standard InChI is InChI=1S/C27H35NO6/c1-4-6-7-8-17-33-24-15-9-21(20-25(24)31-3)10-16-26(29)28-23-13-11-22(12-14-23)27(30)34-19-18-32-5-2/h9-16,20H,4-8,17-19H2,1-3H3,(H,28,29)/b16-10+. The van der Waals surface area contributed by atoms with E-state index in [1.807, 2.05) is 25.1 Å². The van der Waals surface area contributed by atoms with E-state index in [0.29, 0.717) is 42.6 Å². The molecule has 2 aromatic carbocycles. The molecule has 0 bridgehead atoms. The van der Waals surface area contributed by atoms with Crippen LogP contribution >= 0.6 is 0 Å². The van der Waals surface area contributed by atoms with E-state index >= 15 is 0 Å². The highest BCUT2D eigenvalue weighted by Crippen LogP contribution is 2.28. The molecule has 2 aromatic rings. The molecule has 0 aliphatic heterocycles. The Bertz CT molecular complexity index is 923. The number of carbonyl (C=O) groups excluding carboxylic acids is 2. The lowest BCUT2D eigenvalue weighted by Gasteiger charge is -2.11. The zero-order valence-corrected chi connectivity index (χ0v) is 20.3. The van der Waals surface area contributed by atoms with Crippen molar-refractivity contribution in [2.24, 2.45) is 0 Å². The molecule has 1 amide bonds. The Morgan fingerprint density at radius 1 is 0.912 bits per heavy atom. The number of hydrogen-bond donors (Lipinski definition) is 1. The molecule has 1 N–H and O–H groups in total. The third kappa shape index (κ3) is 9.67. The highest BCUT2D eigenvalue weighted by atomic mass is 16.6. The van der Waals surface area contributed by atoms with E-state index in [-0.39, 0.29) is 12.5 Å². The molecule has 7 nitrogen and oxygen atoms in total. The van der Waals surface area contributed by atoms with Crippen molar-refractivity contribution in [3.63, 3.8) is 0 Å². The van der Waals surface area contributed by atoms with Crippen molar-refractivity contribution in [2.45, 2.75) is 39.5 Å². The zero-order chi connectivity index (χ0) is 24.6. The predicted molar refractivity (Wildman–Crippen MR) is 134 cm³/mol. The number of amides is 1. The minimum atomic E-state index is -0.431. The third-order valence-corrected chi connectivity index (χ3v) is 4.92. The van der Waals surface area contributed by atoms with Crippen LogP contribution in [0.25, 0.3) is 6.08 Å². The molecule has 0 fully saturated rings. The summed E-state index contributed by atoms with van der Waals surface area (Å²) in [5.41, 5.74) is 1.80. The second-order valence-corrected chi connectivity index (χ2v) is 7.55. The van der Waals surface area contributed by atoms with Crippen LogP contribution in [0.2, 0.25) is 0 Å². The average Bonchev–Trinajstić information content (AvgIpc) is 2.86. The number of anilines is 1. The summed E-state index contributed by atoms with van der Waals surface area (Å²) in [6, 6.07) is 12.1. The maximum atomic E-state index is 12.3. The van der Waals surface area contributed by atoms with E-state index in [1.165, 1.54) is 18.9 Å². The van der Waals surface area contributed by atoms with Gasteiger partial charge < -0.3 is 24.3 Å². The number of unbranched alkanes of at least 4 members (excludes halogenated alkanes) is 3. The fourth-order valence-corrected chi connectivity index (χ4v) is 3.08. The maximum absolute atomic E-state index is 12.3. The van der Waals surface area contributed by atoms with Crippen molar-refractivity contribution in [3.05, 3.63) is 59.7 Å². The number of rotatable bonds is 15. The van der Waals surface area contributed by atoms with Crippen molar-refractivity contribution >= 4 is 23.6 Å². The number of benzene rings is 2. The summed E-state index contributed by atoms with van der Waals surface area (Å²) in [4.78, 5) is 24.3. The van der Waals surface area contributed by atoms with Crippen molar-refractivity contribution < 1.29 is 28.5 Å². The van der Waals surface area contributed by atoms with Crippen molar-refractivity contribution in [1.82, 2.24) is 0 Å². The normalized spacial score (nSPS) is 10.8. The Morgan fingerprint density at radius 2 is 1.71 bits per heavy atom. The molecule has 34 heavy (non-hydrogen) atoms. The summed E-state index contributed by atoms with van der Waals surface area (Å²) in [5.74, 6) is 0.598. The molecule has 0 spiro atoms. The van der Waals surface area contributed by atoms with E-state index in [2.05, 4.69) is 12.2 Å². The van der Waals surface area contributed by atoms with Crippen molar-refractivity contribution in [2.75, 3.05) is 38.9 Å². The predicted octanol–water partition coefficient (Wildman–Crippen LogP) is 5.50. The van der Waals surface area contributed by atoms with E-state index in [1.54, 1.807) is 37.5 Å². The summed E-state index contributed by atoms with van der Waals surface area (Å²) in [6.07, 6.45) is 7.69. The topological polar surface area (TPSA) is 83.1 Å². The van der Waals surface area contributed by atoms with Gasteiger partial charge in [-0.25, -0.2) is 4.79 Å². The highest BCUT2D eigenvalue weighted by Gasteiger charge is 2.08. The Balaban J connectivity index is 1.86. The number of ether oxygens (including phenoxy) is 4. The minimum absolute atomic E-state index is 0.201. The van der Waals surface area contributed by atoms with E-state index in [9.17, 15) is 9.59 Å². The van der Waals surface area contributed by atoms with E-state index in [0.717, 1.165) is 18.4 Å². The van der Waals surface area contributed by atoms with Crippen LogP contribution in [-0.4, -0.2) is 45.4 Å². The van der Waals surface area contributed by atoms with Gasteiger partial charge in [0.2, 0.25) is 5.91 Å². The lowest BCUT2D eigenvalue weighted by Crippen LogP contribution is -2.11. The monoisotopic (exact) mass is 469 g/mol. The smallest absolute Gasteiger partial charge is 0.338 e. The average molecular weight is 470 g/mol. The first kappa shape index (κ1) is 26.9. The number of hydrogen-bond acceptors (Lipinski definition) is 6. The number of esters is 1. The molecule has 7 heteroatoms. The van der Waals surface area contributed by atoms with Crippen LogP contribution in [0, 0.1) is 0 Å². The number of methoxy groups -OCH3 is 1. The first-order valence-corrected chi connectivity index (χ1v) is 11.7. The molecule has 0 radical (unpaired) electrons. The largest absolute Gasteiger partial charge is 0.493 e. The second-order valence-electron chi connectivity index (χ2n) is 7.55. The van der Waals surface area contributed by atoms with Crippen LogP contribution in [0.1, 0.15) is 55.5 Å². The van der Waals surface area contributed by atoms with Crippen LogP contribution in [-0.2, 0) is 14.3 Å². The molecule has 184 valence electrons. The van der Waals surface area contributed by atoms with Gasteiger partial charge in [-0.2, -0.15) is 0 Å². The Labute approximate surface area is 202 Å².